The van der Waals surface area contributed by atoms with Gasteiger partial charge in [0, 0.05) is 23.1 Å². The second-order valence-corrected chi connectivity index (χ2v) is 6.63. The monoisotopic (exact) mass is 373 g/mol. The van der Waals surface area contributed by atoms with Crippen LogP contribution in [0.5, 0.6) is 0 Å². The summed E-state index contributed by atoms with van der Waals surface area (Å²) in [6.07, 6.45) is -2.95. The average molecular weight is 373 g/mol. The van der Waals surface area contributed by atoms with Crippen molar-refractivity contribution in [2.24, 2.45) is 0 Å². The number of halogens is 3. The van der Waals surface area contributed by atoms with Gasteiger partial charge in [0.15, 0.2) is 0 Å². The number of hydrogen-bond acceptors (Lipinski definition) is 1. The Morgan fingerprint density at radius 3 is 2.63 bits per heavy atom. The standard InChI is InChI=1S/C20H18F3N3O/c21-20(22,23)15-8-2-4-10-17(15)25-19(27)26-11-5-7-14-13-6-1-3-9-16(13)24-18(14)12-26/h1-4,6,8-10,24H,5,7,11-12H2,(H,25,27). The van der Waals surface area contributed by atoms with Crippen LogP contribution in [0, 0.1) is 0 Å². The van der Waals surface area contributed by atoms with Crippen LogP contribution in [-0.4, -0.2) is 22.5 Å². The van der Waals surface area contributed by atoms with Crippen molar-refractivity contribution in [3.63, 3.8) is 0 Å². The number of carbonyl (C=O) groups is 1. The molecule has 1 aliphatic rings. The first kappa shape index (κ1) is 17.5. The van der Waals surface area contributed by atoms with Gasteiger partial charge in [0.05, 0.1) is 17.8 Å². The van der Waals surface area contributed by atoms with E-state index in [9.17, 15) is 18.0 Å². The number of carbonyl (C=O) groups excluding carboxylic acids is 1. The molecular weight excluding hydrogens is 355 g/mol. The highest BCUT2D eigenvalue weighted by Gasteiger charge is 2.34. The Morgan fingerprint density at radius 2 is 1.81 bits per heavy atom. The van der Waals surface area contributed by atoms with Crippen molar-refractivity contribution in [3.05, 3.63) is 65.4 Å². The molecule has 0 aliphatic carbocycles. The molecule has 1 aliphatic heterocycles. The normalized spacial score (nSPS) is 14.7. The zero-order chi connectivity index (χ0) is 19.0. The summed E-state index contributed by atoms with van der Waals surface area (Å²) in [7, 11) is 0. The number of amides is 2. The molecule has 2 aromatic carbocycles. The molecule has 0 saturated carbocycles. The number of aromatic nitrogens is 1. The van der Waals surface area contributed by atoms with Crippen molar-refractivity contribution in [1.82, 2.24) is 9.88 Å². The van der Waals surface area contributed by atoms with Gasteiger partial charge < -0.3 is 15.2 Å². The van der Waals surface area contributed by atoms with Gasteiger partial charge in [0.25, 0.3) is 0 Å². The Kier molecular flexibility index (Phi) is 4.30. The van der Waals surface area contributed by atoms with E-state index in [0.717, 1.165) is 35.5 Å². The third-order valence-corrected chi connectivity index (χ3v) is 4.87. The molecule has 4 rings (SSSR count). The SMILES string of the molecule is O=C(Nc1ccccc1C(F)(F)F)N1CCCc2c([nH]c3ccccc23)C1. The lowest BCUT2D eigenvalue weighted by Crippen LogP contribution is -2.35. The zero-order valence-electron chi connectivity index (χ0n) is 14.4. The summed E-state index contributed by atoms with van der Waals surface area (Å²) in [6.45, 7) is 0.820. The number of rotatable bonds is 1. The molecule has 0 bridgehead atoms. The molecule has 0 unspecified atom stereocenters. The van der Waals surface area contributed by atoms with Gasteiger partial charge in [0.2, 0.25) is 0 Å². The van der Waals surface area contributed by atoms with Gasteiger partial charge in [-0.2, -0.15) is 13.2 Å². The molecule has 27 heavy (non-hydrogen) atoms. The lowest BCUT2D eigenvalue weighted by molar-refractivity contribution is -0.136. The van der Waals surface area contributed by atoms with Gasteiger partial charge in [-0.3, -0.25) is 0 Å². The Labute approximate surface area is 154 Å². The van der Waals surface area contributed by atoms with Gasteiger partial charge in [-0.05, 0) is 36.6 Å². The Hall–Kier alpha value is -2.96. The summed E-state index contributed by atoms with van der Waals surface area (Å²) in [5.74, 6) is 0. The fourth-order valence-electron chi connectivity index (χ4n) is 3.60. The topological polar surface area (TPSA) is 48.1 Å². The summed E-state index contributed by atoms with van der Waals surface area (Å²) in [5, 5.41) is 3.57. The van der Waals surface area contributed by atoms with E-state index in [0.29, 0.717) is 13.1 Å². The molecule has 0 fully saturated rings. The lowest BCUT2D eigenvalue weighted by atomic mass is 10.1. The molecule has 2 amide bonds. The molecular formula is C20H18F3N3O. The third kappa shape index (κ3) is 3.37. The Balaban J connectivity index is 1.58. The van der Waals surface area contributed by atoms with Crippen molar-refractivity contribution >= 4 is 22.6 Å². The van der Waals surface area contributed by atoms with E-state index in [-0.39, 0.29) is 5.69 Å². The molecule has 4 nitrogen and oxygen atoms in total. The van der Waals surface area contributed by atoms with Gasteiger partial charge in [-0.25, -0.2) is 4.79 Å². The Morgan fingerprint density at radius 1 is 1.07 bits per heavy atom. The minimum Gasteiger partial charge on any atom is -0.357 e. The molecule has 3 aromatic rings. The van der Waals surface area contributed by atoms with Crippen molar-refractivity contribution in [2.45, 2.75) is 25.6 Å². The minimum atomic E-state index is -4.52. The maximum absolute atomic E-state index is 13.2. The number of aryl methyl sites for hydroxylation is 1. The summed E-state index contributed by atoms with van der Waals surface area (Å²) in [5.41, 5.74) is 2.05. The highest BCUT2D eigenvalue weighted by Crippen LogP contribution is 2.35. The molecule has 140 valence electrons. The van der Waals surface area contributed by atoms with Crippen LogP contribution in [-0.2, 0) is 19.1 Å². The first-order valence-electron chi connectivity index (χ1n) is 8.74. The number of fused-ring (bicyclic) bond motifs is 3. The number of nitrogens with zero attached hydrogens (tertiary/aromatic N) is 1. The third-order valence-electron chi connectivity index (χ3n) is 4.87. The van der Waals surface area contributed by atoms with Crippen LogP contribution in [0.2, 0.25) is 0 Å². The highest BCUT2D eigenvalue weighted by atomic mass is 19.4. The largest absolute Gasteiger partial charge is 0.418 e. The number of urea groups is 1. The number of nitrogens with one attached hydrogen (secondary N) is 2. The maximum Gasteiger partial charge on any atom is 0.418 e. The smallest absolute Gasteiger partial charge is 0.357 e. The van der Waals surface area contributed by atoms with Gasteiger partial charge >= 0.3 is 12.2 Å². The van der Waals surface area contributed by atoms with Crippen molar-refractivity contribution in [3.8, 4) is 0 Å². The lowest BCUT2D eigenvalue weighted by Gasteiger charge is -2.22. The first-order valence-corrected chi connectivity index (χ1v) is 8.74. The Bertz CT molecular complexity index is 994. The molecule has 0 radical (unpaired) electrons. The van der Waals surface area contributed by atoms with E-state index in [1.54, 1.807) is 4.90 Å². The maximum atomic E-state index is 13.2. The molecule has 1 aromatic heterocycles. The van der Waals surface area contributed by atoms with Gasteiger partial charge in [-0.1, -0.05) is 30.3 Å². The van der Waals surface area contributed by atoms with E-state index in [1.165, 1.54) is 23.8 Å². The number of para-hydroxylation sites is 2. The first-order chi connectivity index (χ1) is 12.9. The predicted octanol–water partition coefficient (Wildman–Crippen LogP) is 5.17. The number of H-pyrrole nitrogens is 1. The van der Waals surface area contributed by atoms with E-state index in [1.807, 2.05) is 24.3 Å². The molecule has 2 heterocycles. The fraction of sp³-hybridized carbons (Fsp3) is 0.250. The van der Waals surface area contributed by atoms with Crippen LogP contribution < -0.4 is 5.32 Å². The molecule has 0 atom stereocenters. The van der Waals surface area contributed by atoms with E-state index in [2.05, 4.69) is 10.3 Å². The van der Waals surface area contributed by atoms with Crippen LogP contribution in [0.4, 0.5) is 23.7 Å². The number of hydrogen-bond donors (Lipinski definition) is 2. The summed E-state index contributed by atoms with van der Waals surface area (Å²) in [6, 6.07) is 12.4. The van der Waals surface area contributed by atoms with E-state index >= 15 is 0 Å². The van der Waals surface area contributed by atoms with Gasteiger partial charge in [0.1, 0.15) is 0 Å². The molecule has 7 heteroatoms. The van der Waals surface area contributed by atoms with Crippen LogP contribution in [0.3, 0.4) is 0 Å². The number of alkyl halides is 3. The van der Waals surface area contributed by atoms with E-state index in [4.69, 9.17) is 0 Å². The van der Waals surface area contributed by atoms with Crippen LogP contribution in [0.25, 0.3) is 10.9 Å². The number of benzene rings is 2. The second-order valence-electron chi connectivity index (χ2n) is 6.63. The fourth-order valence-corrected chi connectivity index (χ4v) is 3.60. The second kappa shape index (κ2) is 6.64. The highest BCUT2D eigenvalue weighted by molar-refractivity contribution is 5.91. The number of anilines is 1. The summed E-state index contributed by atoms with van der Waals surface area (Å²) in [4.78, 5) is 17.5. The summed E-state index contributed by atoms with van der Waals surface area (Å²) < 4.78 is 39.5. The minimum absolute atomic E-state index is 0.226. The van der Waals surface area contributed by atoms with Crippen LogP contribution in [0.15, 0.2) is 48.5 Å². The van der Waals surface area contributed by atoms with Crippen molar-refractivity contribution in [1.29, 1.82) is 0 Å². The molecule has 0 spiro atoms. The average Bonchev–Trinajstić information content (AvgIpc) is 2.84. The predicted molar refractivity (Wildman–Crippen MR) is 97.5 cm³/mol. The summed E-state index contributed by atoms with van der Waals surface area (Å²) >= 11 is 0. The molecule has 2 N–H and O–H groups in total. The molecule has 0 saturated heterocycles. The number of aromatic amines is 1. The van der Waals surface area contributed by atoms with Crippen LogP contribution in [0.1, 0.15) is 23.2 Å². The van der Waals surface area contributed by atoms with Crippen molar-refractivity contribution in [2.75, 3.05) is 11.9 Å². The van der Waals surface area contributed by atoms with E-state index < -0.39 is 17.8 Å². The van der Waals surface area contributed by atoms with Gasteiger partial charge in [-0.15, -0.1) is 0 Å². The van der Waals surface area contributed by atoms with Crippen LogP contribution >= 0.6 is 0 Å². The van der Waals surface area contributed by atoms with Crippen molar-refractivity contribution < 1.29 is 18.0 Å². The quantitative estimate of drug-likeness (QED) is 0.608. The zero-order valence-corrected chi connectivity index (χ0v) is 14.4.